The molecule has 11 heteroatoms. The van der Waals surface area contributed by atoms with Crippen molar-refractivity contribution in [1.82, 2.24) is 9.88 Å². The number of thiazole rings is 1. The summed E-state index contributed by atoms with van der Waals surface area (Å²) < 4.78 is 33.5. The molecule has 192 valence electrons. The number of sulfonamides is 1. The molecule has 1 unspecified atom stereocenters. The molecule has 36 heavy (non-hydrogen) atoms. The number of amides is 1. The third kappa shape index (κ3) is 5.90. The number of aromatic nitrogens is 1. The van der Waals surface area contributed by atoms with Crippen molar-refractivity contribution in [2.24, 2.45) is 0 Å². The third-order valence-electron chi connectivity index (χ3n) is 6.54. The fourth-order valence-corrected chi connectivity index (χ4v) is 6.43. The van der Waals surface area contributed by atoms with E-state index in [9.17, 15) is 13.2 Å². The van der Waals surface area contributed by atoms with Gasteiger partial charge in [-0.15, -0.1) is 11.3 Å². The Kier molecular flexibility index (Phi) is 8.31. The zero-order valence-electron chi connectivity index (χ0n) is 20.1. The standard InChI is InChI=1S/C25H29ClN4O4S2/c1-19(30-14-15-34-17-25(30,2)20-3-5-21(26)6-4-20)11-13-29(18-31)22-7-9-23(10-8-22)36(32,33)28-24-27-12-16-35-24/h3-10,12,16,18-19H,11,13-15,17H2,1-2H3,(H,27,28)/t19-,25?/m1/s1. The van der Waals surface area contributed by atoms with Gasteiger partial charge in [0.2, 0.25) is 6.41 Å². The minimum atomic E-state index is -3.75. The van der Waals surface area contributed by atoms with Gasteiger partial charge in [0, 0.05) is 41.4 Å². The first-order valence-corrected chi connectivity index (χ1v) is 14.3. The number of hydrogen-bond donors (Lipinski definition) is 1. The number of anilines is 2. The van der Waals surface area contributed by atoms with Crippen molar-refractivity contribution in [2.75, 3.05) is 35.9 Å². The Balaban J connectivity index is 1.43. The normalized spacial score (nSPS) is 19.5. The lowest BCUT2D eigenvalue weighted by atomic mass is 9.88. The monoisotopic (exact) mass is 548 g/mol. The van der Waals surface area contributed by atoms with Gasteiger partial charge in [-0.05, 0) is 62.2 Å². The summed E-state index contributed by atoms with van der Waals surface area (Å²) in [4.78, 5) is 20.0. The molecule has 2 heterocycles. The van der Waals surface area contributed by atoms with Crippen LogP contribution in [0, 0.1) is 0 Å². The maximum Gasteiger partial charge on any atom is 0.263 e. The summed E-state index contributed by atoms with van der Waals surface area (Å²) in [6.07, 6.45) is 3.04. The highest BCUT2D eigenvalue weighted by Crippen LogP contribution is 2.34. The molecule has 1 fully saturated rings. The molecule has 0 radical (unpaired) electrons. The number of hydrogen-bond acceptors (Lipinski definition) is 7. The molecule has 1 saturated heterocycles. The summed E-state index contributed by atoms with van der Waals surface area (Å²) in [7, 11) is -3.75. The summed E-state index contributed by atoms with van der Waals surface area (Å²) in [5.74, 6) is 0. The molecule has 2 atom stereocenters. The minimum Gasteiger partial charge on any atom is -0.378 e. The number of carbonyl (C=O) groups is 1. The van der Waals surface area contributed by atoms with Gasteiger partial charge in [0.25, 0.3) is 10.0 Å². The van der Waals surface area contributed by atoms with Crippen LogP contribution in [0.5, 0.6) is 0 Å². The molecular weight excluding hydrogens is 520 g/mol. The average Bonchev–Trinajstić information content (AvgIpc) is 3.37. The van der Waals surface area contributed by atoms with Gasteiger partial charge < -0.3 is 9.64 Å². The number of rotatable bonds is 10. The SMILES string of the molecule is C[C@H](CCN(C=O)c1ccc(S(=O)(=O)Nc2nccs2)cc1)N1CCOCC1(C)c1ccc(Cl)cc1. The van der Waals surface area contributed by atoms with Crippen LogP contribution in [0.1, 0.15) is 25.8 Å². The van der Waals surface area contributed by atoms with Crippen molar-refractivity contribution in [1.29, 1.82) is 0 Å². The summed E-state index contributed by atoms with van der Waals surface area (Å²) in [6.45, 7) is 6.81. The van der Waals surface area contributed by atoms with Crippen LogP contribution in [0.3, 0.4) is 0 Å². The highest BCUT2D eigenvalue weighted by molar-refractivity contribution is 7.93. The highest BCUT2D eigenvalue weighted by Gasteiger charge is 2.39. The van der Waals surface area contributed by atoms with E-state index in [1.165, 1.54) is 29.7 Å². The molecule has 3 aromatic rings. The predicted octanol–water partition coefficient (Wildman–Crippen LogP) is 4.59. The first-order chi connectivity index (χ1) is 17.2. The Bertz CT molecular complexity index is 1250. The van der Waals surface area contributed by atoms with E-state index in [2.05, 4.69) is 28.5 Å². The Hall–Kier alpha value is -2.50. The van der Waals surface area contributed by atoms with Gasteiger partial charge >= 0.3 is 0 Å². The second-order valence-electron chi connectivity index (χ2n) is 8.90. The van der Waals surface area contributed by atoms with E-state index in [4.69, 9.17) is 16.3 Å². The molecular formula is C25H29ClN4O4S2. The highest BCUT2D eigenvalue weighted by atomic mass is 35.5. The molecule has 1 aliphatic heterocycles. The Morgan fingerprint density at radius 1 is 1.25 bits per heavy atom. The zero-order chi connectivity index (χ0) is 25.8. The van der Waals surface area contributed by atoms with E-state index in [1.54, 1.807) is 22.4 Å². The van der Waals surface area contributed by atoms with Crippen molar-refractivity contribution in [2.45, 2.75) is 36.7 Å². The molecule has 1 N–H and O–H groups in total. The van der Waals surface area contributed by atoms with Crippen LogP contribution in [0.4, 0.5) is 10.8 Å². The lowest BCUT2D eigenvalue weighted by Gasteiger charge is -2.48. The van der Waals surface area contributed by atoms with Crippen LogP contribution in [-0.2, 0) is 25.1 Å². The second-order valence-corrected chi connectivity index (χ2v) is 11.9. The number of ether oxygens (including phenoxy) is 1. The van der Waals surface area contributed by atoms with E-state index in [-0.39, 0.29) is 16.5 Å². The maximum absolute atomic E-state index is 12.6. The molecule has 1 aromatic heterocycles. The van der Waals surface area contributed by atoms with E-state index in [0.29, 0.717) is 35.6 Å². The minimum absolute atomic E-state index is 0.104. The van der Waals surface area contributed by atoms with Gasteiger partial charge in [0.1, 0.15) is 0 Å². The van der Waals surface area contributed by atoms with Gasteiger partial charge in [-0.1, -0.05) is 23.7 Å². The van der Waals surface area contributed by atoms with Crippen LogP contribution in [0.2, 0.25) is 5.02 Å². The summed E-state index contributed by atoms with van der Waals surface area (Å²) >= 11 is 7.30. The largest absolute Gasteiger partial charge is 0.378 e. The smallest absolute Gasteiger partial charge is 0.263 e. The van der Waals surface area contributed by atoms with E-state index >= 15 is 0 Å². The van der Waals surface area contributed by atoms with Crippen molar-refractivity contribution in [3.05, 3.63) is 70.7 Å². The summed E-state index contributed by atoms with van der Waals surface area (Å²) in [6, 6.07) is 14.3. The number of nitrogens with one attached hydrogen (secondary N) is 1. The molecule has 0 spiro atoms. The predicted molar refractivity (Wildman–Crippen MR) is 143 cm³/mol. The first kappa shape index (κ1) is 26.6. The van der Waals surface area contributed by atoms with E-state index in [1.807, 2.05) is 24.3 Å². The Morgan fingerprint density at radius 2 is 1.97 bits per heavy atom. The molecule has 2 aromatic carbocycles. The fourth-order valence-electron chi connectivity index (χ4n) is 4.52. The zero-order valence-corrected chi connectivity index (χ0v) is 22.5. The molecule has 0 aliphatic carbocycles. The fraction of sp³-hybridized carbons (Fsp3) is 0.360. The lowest BCUT2D eigenvalue weighted by molar-refractivity contribution is -0.107. The first-order valence-electron chi connectivity index (χ1n) is 11.6. The summed E-state index contributed by atoms with van der Waals surface area (Å²) in [5.41, 5.74) is 1.45. The van der Waals surface area contributed by atoms with E-state index in [0.717, 1.165) is 24.9 Å². The van der Waals surface area contributed by atoms with Crippen LogP contribution in [0.15, 0.2) is 65.0 Å². The van der Waals surface area contributed by atoms with Crippen LogP contribution in [-0.4, -0.2) is 57.1 Å². The van der Waals surface area contributed by atoms with Gasteiger partial charge in [-0.3, -0.25) is 14.4 Å². The number of morpholine rings is 1. The van der Waals surface area contributed by atoms with Gasteiger partial charge in [-0.2, -0.15) is 0 Å². The average molecular weight is 549 g/mol. The van der Waals surface area contributed by atoms with Gasteiger partial charge in [0.05, 0.1) is 23.6 Å². The molecule has 0 saturated carbocycles. The van der Waals surface area contributed by atoms with Crippen molar-refractivity contribution in [3.8, 4) is 0 Å². The van der Waals surface area contributed by atoms with Crippen molar-refractivity contribution in [3.63, 3.8) is 0 Å². The third-order valence-corrected chi connectivity index (χ3v) is 8.96. The van der Waals surface area contributed by atoms with Crippen LogP contribution in [0.25, 0.3) is 0 Å². The van der Waals surface area contributed by atoms with Crippen LogP contribution < -0.4 is 9.62 Å². The quantitative estimate of drug-likeness (QED) is 0.373. The lowest BCUT2D eigenvalue weighted by Crippen LogP contribution is -2.56. The van der Waals surface area contributed by atoms with Gasteiger partial charge in [0.15, 0.2) is 5.13 Å². The molecule has 4 rings (SSSR count). The Morgan fingerprint density at radius 3 is 2.61 bits per heavy atom. The van der Waals surface area contributed by atoms with Crippen molar-refractivity contribution < 1.29 is 17.9 Å². The van der Waals surface area contributed by atoms with E-state index < -0.39 is 10.0 Å². The molecule has 1 amide bonds. The number of nitrogens with zero attached hydrogens (tertiary/aromatic N) is 3. The molecule has 1 aliphatic rings. The topological polar surface area (TPSA) is 91.8 Å². The summed E-state index contributed by atoms with van der Waals surface area (Å²) in [5, 5.41) is 2.69. The maximum atomic E-state index is 12.6. The van der Waals surface area contributed by atoms with Gasteiger partial charge in [-0.25, -0.2) is 13.4 Å². The Labute approximate surface area is 220 Å². The van der Waals surface area contributed by atoms with Crippen molar-refractivity contribution >= 4 is 50.2 Å². The molecule has 8 nitrogen and oxygen atoms in total. The molecule has 0 bridgehead atoms. The number of halogens is 1. The number of benzene rings is 2. The second kappa shape index (κ2) is 11.3. The van der Waals surface area contributed by atoms with Crippen LogP contribution >= 0.6 is 22.9 Å². The number of carbonyl (C=O) groups excluding carboxylic acids is 1.